The summed E-state index contributed by atoms with van der Waals surface area (Å²) in [7, 11) is 0. The lowest BCUT2D eigenvalue weighted by atomic mass is 9.97. The Morgan fingerprint density at radius 1 is 1.54 bits per heavy atom. The first-order chi connectivity index (χ1) is 6.09. The Kier molecular flexibility index (Phi) is 3.07. The third-order valence-electron chi connectivity index (χ3n) is 2.09. The van der Waals surface area contributed by atoms with Crippen LogP contribution < -0.4 is 0 Å². The average molecular weight is 178 g/mol. The highest BCUT2D eigenvalue weighted by atomic mass is 16.4. The second-order valence-corrected chi connectivity index (χ2v) is 3.41. The van der Waals surface area contributed by atoms with Crippen molar-refractivity contribution in [1.29, 1.82) is 0 Å². The molecule has 2 nitrogen and oxygen atoms in total. The molecule has 0 bridgehead atoms. The van der Waals surface area contributed by atoms with Crippen molar-refractivity contribution in [3.8, 4) is 0 Å². The van der Waals surface area contributed by atoms with E-state index in [4.69, 9.17) is 5.11 Å². The highest BCUT2D eigenvalue weighted by Gasteiger charge is 2.09. The lowest BCUT2D eigenvalue weighted by Gasteiger charge is -2.09. The second-order valence-electron chi connectivity index (χ2n) is 3.41. The van der Waals surface area contributed by atoms with Gasteiger partial charge in [-0.2, -0.15) is 0 Å². The van der Waals surface area contributed by atoms with E-state index in [9.17, 15) is 4.79 Å². The second kappa shape index (κ2) is 4.08. The van der Waals surface area contributed by atoms with E-state index < -0.39 is 5.97 Å². The highest BCUT2D eigenvalue weighted by Crippen LogP contribution is 2.19. The van der Waals surface area contributed by atoms with Crippen LogP contribution in [-0.2, 0) is 4.79 Å². The van der Waals surface area contributed by atoms with Crippen molar-refractivity contribution >= 4 is 5.97 Å². The molecule has 0 saturated carbocycles. The number of hydrogen-bond donors (Lipinski definition) is 1. The molecule has 0 spiro atoms. The fourth-order valence-electron chi connectivity index (χ4n) is 1.36. The minimum atomic E-state index is -0.742. The van der Waals surface area contributed by atoms with Gasteiger partial charge >= 0.3 is 5.97 Å². The standard InChI is InChI=1S/C11H14O2/c1-8-4-3-5-10(6-8)9(2)7-11(12)13/h3-6,9H,7H2,1-2H3,(H,12,13)/t9-/m1/s1. The van der Waals surface area contributed by atoms with E-state index in [2.05, 4.69) is 0 Å². The smallest absolute Gasteiger partial charge is 0.303 e. The Hall–Kier alpha value is -1.31. The van der Waals surface area contributed by atoms with Crippen LogP contribution >= 0.6 is 0 Å². The van der Waals surface area contributed by atoms with Crippen molar-refractivity contribution in [2.75, 3.05) is 0 Å². The monoisotopic (exact) mass is 178 g/mol. The zero-order valence-electron chi connectivity index (χ0n) is 7.95. The molecule has 0 unspecified atom stereocenters. The summed E-state index contributed by atoms with van der Waals surface area (Å²) in [6, 6.07) is 7.98. The van der Waals surface area contributed by atoms with Gasteiger partial charge in [0.2, 0.25) is 0 Å². The molecule has 0 fully saturated rings. The summed E-state index contributed by atoms with van der Waals surface area (Å²) in [6.45, 7) is 3.94. The SMILES string of the molecule is Cc1cccc([C@H](C)CC(=O)O)c1. The first kappa shape index (κ1) is 9.78. The molecule has 0 aliphatic carbocycles. The Bertz CT molecular complexity index is 305. The van der Waals surface area contributed by atoms with Gasteiger partial charge in [0.25, 0.3) is 0 Å². The molecule has 13 heavy (non-hydrogen) atoms. The summed E-state index contributed by atoms with van der Waals surface area (Å²) < 4.78 is 0. The van der Waals surface area contributed by atoms with Crippen LogP contribution in [-0.4, -0.2) is 11.1 Å². The molecule has 0 radical (unpaired) electrons. The van der Waals surface area contributed by atoms with Gasteiger partial charge in [0.15, 0.2) is 0 Å². The fraction of sp³-hybridized carbons (Fsp3) is 0.364. The van der Waals surface area contributed by atoms with Crippen molar-refractivity contribution in [3.05, 3.63) is 35.4 Å². The molecular formula is C11H14O2. The summed E-state index contributed by atoms with van der Waals surface area (Å²) in [5.41, 5.74) is 2.28. The van der Waals surface area contributed by atoms with Gasteiger partial charge in [-0.3, -0.25) is 4.79 Å². The number of aryl methyl sites for hydroxylation is 1. The van der Waals surface area contributed by atoms with E-state index in [0.717, 1.165) is 5.56 Å². The summed E-state index contributed by atoms with van der Waals surface area (Å²) >= 11 is 0. The Balaban J connectivity index is 2.76. The number of rotatable bonds is 3. The van der Waals surface area contributed by atoms with Crippen molar-refractivity contribution in [1.82, 2.24) is 0 Å². The molecule has 0 amide bonds. The summed E-state index contributed by atoms with van der Waals surface area (Å²) in [5, 5.41) is 8.61. The lowest BCUT2D eigenvalue weighted by molar-refractivity contribution is -0.137. The van der Waals surface area contributed by atoms with E-state index in [1.807, 2.05) is 38.1 Å². The zero-order valence-corrected chi connectivity index (χ0v) is 7.95. The molecule has 0 heterocycles. The zero-order chi connectivity index (χ0) is 9.84. The van der Waals surface area contributed by atoms with E-state index in [-0.39, 0.29) is 12.3 Å². The van der Waals surface area contributed by atoms with Crippen LogP contribution in [0.25, 0.3) is 0 Å². The topological polar surface area (TPSA) is 37.3 Å². The van der Waals surface area contributed by atoms with Crippen molar-refractivity contribution in [2.24, 2.45) is 0 Å². The van der Waals surface area contributed by atoms with Gasteiger partial charge in [-0.05, 0) is 18.4 Å². The van der Waals surface area contributed by atoms with Crippen LogP contribution in [0.2, 0.25) is 0 Å². The summed E-state index contributed by atoms with van der Waals surface area (Å²) in [6.07, 6.45) is 0.198. The van der Waals surface area contributed by atoms with Crippen LogP contribution in [0.1, 0.15) is 30.4 Å². The first-order valence-electron chi connectivity index (χ1n) is 4.38. The fourth-order valence-corrected chi connectivity index (χ4v) is 1.36. The van der Waals surface area contributed by atoms with Crippen LogP contribution in [0.3, 0.4) is 0 Å². The number of carboxylic acid groups (broad SMARTS) is 1. The van der Waals surface area contributed by atoms with Gasteiger partial charge in [0.1, 0.15) is 0 Å². The molecule has 1 N–H and O–H groups in total. The van der Waals surface area contributed by atoms with Crippen molar-refractivity contribution in [3.63, 3.8) is 0 Å². The average Bonchev–Trinajstić information content (AvgIpc) is 2.03. The van der Waals surface area contributed by atoms with Gasteiger partial charge < -0.3 is 5.11 Å². The Morgan fingerprint density at radius 2 is 2.23 bits per heavy atom. The first-order valence-corrected chi connectivity index (χ1v) is 4.38. The number of carboxylic acids is 1. The number of hydrogen-bond acceptors (Lipinski definition) is 1. The molecule has 1 aromatic carbocycles. The van der Waals surface area contributed by atoms with Crippen LogP contribution in [0.15, 0.2) is 24.3 Å². The van der Waals surface area contributed by atoms with E-state index in [0.29, 0.717) is 0 Å². The Labute approximate surface area is 78.2 Å². The molecule has 0 aromatic heterocycles. The molecule has 0 saturated heterocycles. The van der Waals surface area contributed by atoms with Gasteiger partial charge in [-0.25, -0.2) is 0 Å². The molecule has 0 aliphatic rings. The predicted octanol–water partition coefficient (Wildman–Crippen LogP) is 2.57. The van der Waals surface area contributed by atoms with Gasteiger partial charge in [0.05, 0.1) is 6.42 Å². The third-order valence-corrected chi connectivity index (χ3v) is 2.09. The predicted molar refractivity (Wildman–Crippen MR) is 51.8 cm³/mol. The normalized spacial score (nSPS) is 12.5. The molecule has 1 atom stereocenters. The van der Waals surface area contributed by atoms with Crippen LogP contribution in [0.5, 0.6) is 0 Å². The largest absolute Gasteiger partial charge is 0.481 e. The van der Waals surface area contributed by atoms with Crippen molar-refractivity contribution in [2.45, 2.75) is 26.2 Å². The van der Waals surface area contributed by atoms with Gasteiger partial charge in [-0.1, -0.05) is 36.8 Å². The number of aliphatic carboxylic acids is 1. The number of benzene rings is 1. The van der Waals surface area contributed by atoms with Gasteiger partial charge in [-0.15, -0.1) is 0 Å². The third kappa shape index (κ3) is 2.90. The number of carbonyl (C=O) groups is 1. The van der Waals surface area contributed by atoms with E-state index in [1.54, 1.807) is 0 Å². The van der Waals surface area contributed by atoms with Gasteiger partial charge in [0, 0.05) is 0 Å². The minimum absolute atomic E-state index is 0.0948. The maximum absolute atomic E-state index is 10.5. The quantitative estimate of drug-likeness (QED) is 0.772. The van der Waals surface area contributed by atoms with Crippen LogP contribution in [0, 0.1) is 6.92 Å². The molecule has 70 valence electrons. The minimum Gasteiger partial charge on any atom is -0.481 e. The summed E-state index contributed by atoms with van der Waals surface area (Å²) in [5.74, 6) is -0.647. The molecule has 2 heteroatoms. The van der Waals surface area contributed by atoms with Crippen molar-refractivity contribution < 1.29 is 9.90 Å². The molecule has 1 rings (SSSR count). The molecular weight excluding hydrogens is 164 g/mol. The molecule has 1 aromatic rings. The molecule has 0 aliphatic heterocycles. The Morgan fingerprint density at radius 3 is 2.77 bits per heavy atom. The lowest BCUT2D eigenvalue weighted by Crippen LogP contribution is -2.02. The summed E-state index contributed by atoms with van der Waals surface area (Å²) in [4.78, 5) is 10.5. The maximum Gasteiger partial charge on any atom is 0.303 e. The van der Waals surface area contributed by atoms with E-state index >= 15 is 0 Å². The maximum atomic E-state index is 10.5. The van der Waals surface area contributed by atoms with E-state index in [1.165, 1.54) is 5.56 Å². The highest BCUT2D eigenvalue weighted by molar-refractivity contribution is 5.67. The van der Waals surface area contributed by atoms with Crippen LogP contribution in [0.4, 0.5) is 0 Å².